The second-order valence-electron chi connectivity index (χ2n) is 5.70. The molecular weight excluding hydrogens is 248 g/mol. The maximum absolute atomic E-state index is 11.6. The van der Waals surface area contributed by atoms with Crippen LogP contribution in [0.3, 0.4) is 0 Å². The molecule has 0 saturated heterocycles. The van der Waals surface area contributed by atoms with Crippen molar-refractivity contribution in [1.82, 2.24) is 0 Å². The second kappa shape index (κ2) is 7.28. The van der Waals surface area contributed by atoms with Crippen LogP contribution in [-0.2, 0) is 9.53 Å². The number of hydrogen-bond donors (Lipinski definition) is 0. The summed E-state index contributed by atoms with van der Waals surface area (Å²) in [5.41, 5.74) is 2.73. The van der Waals surface area contributed by atoms with Gasteiger partial charge in [0, 0.05) is 6.42 Å². The van der Waals surface area contributed by atoms with Gasteiger partial charge >= 0.3 is 5.97 Å². The van der Waals surface area contributed by atoms with Crippen molar-refractivity contribution in [3.05, 3.63) is 48.0 Å². The van der Waals surface area contributed by atoms with Crippen molar-refractivity contribution in [1.29, 1.82) is 0 Å². The number of rotatable bonds is 5. The Morgan fingerprint density at radius 3 is 2.50 bits per heavy atom. The highest BCUT2D eigenvalue weighted by atomic mass is 16.5. The molecule has 1 aliphatic carbocycles. The van der Waals surface area contributed by atoms with E-state index in [1.807, 2.05) is 0 Å². The Bertz CT molecular complexity index is 439. The molecule has 0 spiro atoms. The average Bonchev–Trinajstić information content (AvgIpc) is 2.47. The van der Waals surface area contributed by atoms with E-state index in [2.05, 4.69) is 37.8 Å². The summed E-state index contributed by atoms with van der Waals surface area (Å²) in [6.45, 7) is 5.74. The van der Waals surface area contributed by atoms with Crippen molar-refractivity contribution in [2.45, 2.75) is 57.5 Å². The molecule has 1 aromatic rings. The van der Waals surface area contributed by atoms with Gasteiger partial charge in [-0.3, -0.25) is 4.79 Å². The molecule has 108 valence electrons. The van der Waals surface area contributed by atoms with Crippen LogP contribution in [0.15, 0.2) is 36.9 Å². The van der Waals surface area contributed by atoms with Gasteiger partial charge in [0.1, 0.15) is 6.10 Å². The average molecular weight is 272 g/mol. The van der Waals surface area contributed by atoms with Crippen LogP contribution in [0.5, 0.6) is 0 Å². The van der Waals surface area contributed by atoms with E-state index in [-0.39, 0.29) is 12.1 Å². The predicted molar refractivity (Wildman–Crippen MR) is 81.7 cm³/mol. The molecule has 0 aliphatic heterocycles. The second-order valence-corrected chi connectivity index (χ2v) is 5.70. The summed E-state index contributed by atoms with van der Waals surface area (Å²) in [6, 6.07) is 8.82. The molecule has 0 bridgehead atoms. The van der Waals surface area contributed by atoms with Crippen LogP contribution in [0.1, 0.15) is 55.6 Å². The van der Waals surface area contributed by atoms with Gasteiger partial charge in [-0.05, 0) is 50.5 Å². The lowest BCUT2D eigenvalue weighted by molar-refractivity contribution is -0.150. The number of benzene rings is 1. The quantitative estimate of drug-likeness (QED) is 0.581. The molecule has 0 radical (unpaired) electrons. The lowest BCUT2D eigenvalue weighted by Gasteiger charge is -2.28. The lowest BCUT2D eigenvalue weighted by atomic mass is 9.82. The first-order valence-corrected chi connectivity index (χ1v) is 7.56. The molecule has 0 unspecified atom stereocenters. The van der Waals surface area contributed by atoms with Crippen LogP contribution in [-0.4, -0.2) is 12.1 Å². The number of allylic oxidation sites excluding steroid dienone is 1. The minimum absolute atomic E-state index is 0.0799. The van der Waals surface area contributed by atoms with Gasteiger partial charge in [0.2, 0.25) is 0 Å². The smallest absolute Gasteiger partial charge is 0.306 e. The van der Waals surface area contributed by atoms with Crippen molar-refractivity contribution in [3.63, 3.8) is 0 Å². The van der Waals surface area contributed by atoms with Crippen molar-refractivity contribution in [3.8, 4) is 0 Å². The number of hydrogen-bond acceptors (Lipinski definition) is 2. The fourth-order valence-corrected chi connectivity index (χ4v) is 2.82. The summed E-state index contributed by atoms with van der Waals surface area (Å²) in [4.78, 5) is 11.6. The molecule has 0 atom stereocenters. The molecule has 2 rings (SSSR count). The number of carbonyl (C=O) groups excluding carboxylic acids is 1. The zero-order valence-electron chi connectivity index (χ0n) is 12.3. The number of aryl methyl sites for hydroxylation is 1. The molecule has 2 nitrogen and oxygen atoms in total. The molecule has 1 saturated carbocycles. The summed E-state index contributed by atoms with van der Waals surface area (Å²) in [5, 5.41) is 0. The molecule has 0 amide bonds. The van der Waals surface area contributed by atoms with Gasteiger partial charge in [0.05, 0.1) is 0 Å². The minimum atomic E-state index is -0.0799. The summed E-state index contributed by atoms with van der Waals surface area (Å²) in [6.07, 6.45) is 7.24. The molecule has 1 aromatic carbocycles. The molecule has 20 heavy (non-hydrogen) atoms. The van der Waals surface area contributed by atoms with E-state index in [0.717, 1.165) is 25.7 Å². The zero-order chi connectivity index (χ0) is 14.4. The molecule has 2 heteroatoms. The van der Waals surface area contributed by atoms with E-state index in [1.54, 1.807) is 6.08 Å². The Morgan fingerprint density at radius 1 is 1.25 bits per heavy atom. The third-order valence-electron chi connectivity index (χ3n) is 4.07. The Hall–Kier alpha value is -1.57. The van der Waals surface area contributed by atoms with Crippen LogP contribution < -0.4 is 0 Å². The number of carbonyl (C=O) groups is 1. The Labute approximate surface area is 121 Å². The predicted octanol–water partition coefficient (Wildman–Crippen LogP) is 4.53. The van der Waals surface area contributed by atoms with E-state index in [4.69, 9.17) is 4.74 Å². The van der Waals surface area contributed by atoms with Crippen molar-refractivity contribution >= 4 is 5.97 Å². The third kappa shape index (κ3) is 4.22. The van der Waals surface area contributed by atoms with Crippen molar-refractivity contribution in [2.24, 2.45) is 0 Å². The normalized spacial score (nSPS) is 22.2. The molecule has 1 aliphatic rings. The maximum atomic E-state index is 11.6. The van der Waals surface area contributed by atoms with E-state index >= 15 is 0 Å². The highest BCUT2D eigenvalue weighted by molar-refractivity contribution is 5.69. The van der Waals surface area contributed by atoms with Gasteiger partial charge in [-0.1, -0.05) is 35.9 Å². The van der Waals surface area contributed by atoms with Gasteiger partial charge in [-0.2, -0.15) is 0 Å². The summed E-state index contributed by atoms with van der Waals surface area (Å²) in [7, 11) is 0. The zero-order valence-corrected chi connectivity index (χ0v) is 12.3. The number of ether oxygens (including phenoxy) is 1. The third-order valence-corrected chi connectivity index (χ3v) is 4.07. The molecular formula is C18H24O2. The molecule has 0 heterocycles. The maximum Gasteiger partial charge on any atom is 0.306 e. The largest absolute Gasteiger partial charge is 0.462 e. The fraction of sp³-hybridized carbons (Fsp3) is 0.500. The van der Waals surface area contributed by atoms with Gasteiger partial charge < -0.3 is 4.74 Å². The van der Waals surface area contributed by atoms with Gasteiger partial charge in [0.15, 0.2) is 0 Å². The van der Waals surface area contributed by atoms with Crippen molar-refractivity contribution in [2.75, 3.05) is 0 Å². The summed E-state index contributed by atoms with van der Waals surface area (Å²) >= 11 is 0. The molecule has 0 N–H and O–H groups in total. The Balaban J connectivity index is 1.78. The topological polar surface area (TPSA) is 26.3 Å². The fourth-order valence-electron chi connectivity index (χ4n) is 2.82. The van der Waals surface area contributed by atoms with Crippen LogP contribution in [0, 0.1) is 6.92 Å². The van der Waals surface area contributed by atoms with Gasteiger partial charge in [-0.15, -0.1) is 6.58 Å². The van der Waals surface area contributed by atoms with E-state index in [9.17, 15) is 4.79 Å². The summed E-state index contributed by atoms with van der Waals surface area (Å²) in [5.74, 6) is 0.544. The highest BCUT2D eigenvalue weighted by Gasteiger charge is 2.24. The van der Waals surface area contributed by atoms with Crippen LogP contribution in [0.2, 0.25) is 0 Å². The van der Waals surface area contributed by atoms with Gasteiger partial charge in [-0.25, -0.2) is 0 Å². The molecule has 1 fully saturated rings. The van der Waals surface area contributed by atoms with Crippen LogP contribution >= 0.6 is 0 Å². The number of esters is 1. The summed E-state index contributed by atoms with van der Waals surface area (Å²) < 4.78 is 5.51. The van der Waals surface area contributed by atoms with Crippen LogP contribution in [0.25, 0.3) is 0 Å². The minimum Gasteiger partial charge on any atom is -0.462 e. The van der Waals surface area contributed by atoms with E-state index < -0.39 is 0 Å². The first kappa shape index (κ1) is 14.8. The van der Waals surface area contributed by atoms with E-state index in [1.165, 1.54) is 11.1 Å². The SMILES string of the molecule is C=CCCC(=O)OC1CCC(c2ccc(C)cc2)CC1. The first-order valence-electron chi connectivity index (χ1n) is 7.56. The Morgan fingerprint density at radius 2 is 1.90 bits per heavy atom. The van der Waals surface area contributed by atoms with Crippen molar-refractivity contribution < 1.29 is 9.53 Å². The van der Waals surface area contributed by atoms with Gasteiger partial charge in [0.25, 0.3) is 0 Å². The Kier molecular flexibility index (Phi) is 5.40. The van der Waals surface area contributed by atoms with Crippen LogP contribution in [0.4, 0.5) is 0 Å². The monoisotopic (exact) mass is 272 g/mol. The van der Waals surface area contributed by atoms with E-state index in [0.29, 0.717) is 18.8 Å². The molecule has 0 aromatic heterocycles. The highest BCUT2D eigenvalue weighted by Crippen LogP contribution is 2.34. The lowest BCUT2D eigenvalue weighted by Crippen LogP contribution is -2.23. The first-order chi connectivity index (χ1) is 9.69. The standard InChI is InChI=1S/C18H24O2/c1-3-4-5-18(19)20-17-12-10-16(11-13-17)15-8-6-14(2)7-9-15/h3,6-9,16-17H,1,4-5,10-13H2,2H3.